The number of piperazine rings is 1. The number of hydrogen-bond acceptors (Lipinski definition) is 8. The first-order chi connectivity index (χ1) is 10.8. The summed E-state index contributed by atoms with van der Waals surface area (Å²) in [6.07, 6.45) is 2.49. The van der Waals surface area contributed by atoms with Crippen molar-refractivity contribution in [2.75, 3.05) is 38.2 Å². The number of anilines is 1. The van der Waals surface area contributed by atoms with Gasteiger partial charge in [-0.2, -0.15) is 4.98 Å². The minimum atomic E-state index is 0.588. The molecule has 3 rings (SSSR count). The molecule has 1 saturated heterocycles. The highest BCUT2D eigenvalue weighted by molar-refractivity contribution is 5.32. The van der Waals surface area contributed by atoms with E-state index in [1.807, 2.05) is 6.92 Å². The average Bonchev–Trinajstić information content (AvgIpc) is 3.03. The Balaban J connectivity index is 1.55. The molecular weight excluding hydrogens is 284 g/mol. The molecule has 0 amide bonds. The van der Waals surface area contributed by atoms with Crippen molar-refractivity contribution >= 4 is 5.95 Å². The number of nitrogens with zero attached hydrogens (tertiary/aromatic N) is 6. The Hall–Kier alpha value is -2.22. The average molecular weight is 304 g/mol. The second-order valence-corrected chi connectivity index (χ2v) is 5.11. The van der Waals surface area contributed by atoms with Crippen LogP contribution in [-0.4, -0.2) is 58.4 Å². The summed E-state index contributed by atoms with van der Waals surface area (Å²) >= 11 is 0. The molecule has 3 heterocycles. The van der Waals surface area contributed by atoms with Crippen LogP contribution in [0.25, 0.3) is 0 Å². The maximum absolute atomic E-state index is 5.56. The minimum absolute atomic E-state index is 0.588. The van der Waals surface area contributed by atoms with Crippen molar-refractivity contribution in [3.63, 3.8) is 0 Å². The van der Waals surface area contributed by atoms with Crippen molar-refractivity contribution in [3.05, 3.63) is 24.0 Å². The van der Waals surface area contributed by atoms with Crippen LogP contribution in [0.2, 0.25) is 0 Å². The van der Waals surface area contributed by atoms with Gasteiger partial charge in [-0.25, -0.2) is 4.98 Å². The molecule has 1 fully saturated rings. The van der Waals surface area contributed by atoms with Gasteiger partial charge in [0.05, 0.1) is 13.7 Å². The summed E-state index contributed by atoms with van der Waals surface area (Å²) in [6.45, 7) is 6.24. The first-order valence-electron chi connectivity index (χ1n) is 7.44. The van der Waals surface area contributed by atoms with Gasteiger partial charge >= 0.3 is 0 Å². The van der Waals surface area contributed by atoms with E-state index < -0.39 is 0 Å². The molecule has 0 bridgehead atoms. The normalized spacial score (nSPS) is 16.0. The van der Waals surface area contributed by atoms with E-state index in [2.05, 4.69) is 30.0 Å². The van der Waals surface area contributed by atoms with Gasteiger partial charge in [0.15, 0.2) is 0 Å². The highest BCUT2D eigenvalue weighted by Crippen LogP contribution is 2.15. The van der Waals surface area contributed by atoms with Gasteiger partial charge in [0.2, 0.25) is 23.6 Å². The van der Waals surface area contributed by atoms with Gasteiger partial charge in [0.1, 0.15) is 0 Å². The van der Waals surface area contributed by atoms with Crippen LogP contribution in [0.5, 0.6) is 5.88 Å². The molecule has 0 unspecified atom stereocenters. The summed E-state index contributed by atoms with van der Waals surface area (Å²) in [7, 11) is 1.61. The molecule has 1 aliphatic rings. The SMILES string of the molecule is CCc1nnc(CN2CCN(c3nccc(OC)n3)CC2)o1. The second kappa shape index (κ2) is 6.69. The third-order valence-corrected chi connectivity index (χ3v) is 3.65. The molecule has 0 saturated carbocycles. The van der Waals surface area contributed by atoms with Gasteiger partial charge in [0.25, 0.3) is 0 Å². The quantitative estimate of drug-likeness (QED) is 0.800. The summed E-state index contributed by atoms with van der Waals surface area (Å²) in [5.74, 6) is 2.68. The van der Waals surface area contributed by atoms with E-state index in [9.17, 15) is 0 Å². The summed E-state index contributed by atoms with van der Waals surface area (Å²) < 4.78 is 10.7. The molecule has 2 aromatic rings. The van der Waals surface area contributed by atoms with Gasteiger partial charge in [0, 0.05) is 44.9 Å². The fourth-order valence-electron chi connectivity index (χ4n) is 2.39. The molecule has 0 atom stereocenters. The van der Waals surface area contributed by atoms with E-state index in [1.54, 1.807) is 19.4 Å². The number of hydrogen-bond donors (Lipinski definition) is 0. The van der Waals surface area contributed by atoms with Gasteiger partial charge in [-0.05, 0) is 0 Å². The number of methoxy groups -OCH3 is 1. The van der Waals surface area contributed by atoms with Crippen molar-refractivity contribution in [2.45, 2.75) is 19.9 Å². The molecule has 0 radical (unpaired) electrons. The maximum atomic E-state index is 5.56. The van der Waals surface area contributed by atoms with E-state index in [4.69, 9.17) is 9.15 Å². The van der Waals surface area contributed by atoms with Crippen molar-refractivity contribution < 1.29 is 9.15 Å². The fraction of sp³-hybridized carbons (Fsp3) is 0.571. The first kappa shape index (κ1) is 14.7. The first-order valence-corrected chi connectivity index (χ1v) is 7.44. The van der Waals surface area contributed by atoms with E-state index in [0.717, 1.165) is 32.6 Å². The van der Waals surface area contributed by atoms with Crippen molar-refractivity contribution in [3.8, 4) is 5.88 Å². The largest absolute Gasteiger partial charge is 0.481 e. The van der Waals surface area contributed by atoms with Crippen LogP contribution in [0.3, 0.4) is 0 Å². The van der Waals surface area contributed by atoms with Crippen LogP contribution in [0.15, 0.2) is 16.7 Å². The van der Waals surface area contributed by atoms with Crippen LogP contribution >= 0.6 is 0 Å². The highest BCUT2D eigenvalue weighted by Gasteiger charge is 2.21. The number of aryl methyl sites for hydroxylation is 1. The van der Waals surface area contributed by atoms with Gasteiger partial charge in [-0.3, -0.25) is 4.90 Å². The van der Waals surface area contributed by atoms with Crippen LogP contribution in [-0.2, 0) is 13.0 Å². The third kappa shape index (κ3) is 3.33. The third-order valence-electron chi connectivity index (χ3n) is 3.65. The lowest BCUT2D eigenvalue weighted by Crippen LogP contribution is -2.46. The van der Waals surface area contributed by atoms with Crippen LogP contribution in [0.4, 0.5) is 5.95 Å². The van der Waals surface area contributed by atoms with Crippen LogP contribution < -0.4 is 9.64 Å². The Morgan fingerprint density at radius 1 is 1.18 bits per heavy atom. The van der Waals surface area contributed by atoms with Gasteiger partial charge < -0.3 is 14.1 Å². The molecule has 8 heteroatoms. The van der Waals surface area contributed by atoms with E-state index in [-0.39, 0.29) is 0 Å². The van der Waals surface area contributed by atoms with Gasteiger partial charge in [-0.15, -0.1) is 10.2 Å². The minimum Gasteiger partial charge on any atom is -0.481 e. The number of aromatic nitrogens is 4. The van der Waals surface area contributed by atoms with Crippen molar-refractivity contribution in [1.29, 1.82) is 0 Å². The van der Waals surface area contributed by atoms with E-state index >= 15 is 0 Å². The van der Waals surface area contributed by atoms with Gasteiger partial charge in [-0.1, -0.05) is 6.92 Å². The summed E-state index contributed by atoms with van der Waals surface area (Å²) in [6, 6.07) is 1.75. The Morgan fingerprint density at radius 3 is 2.64 bits per heavy atom. The monoisotopic (exact) mass is 304 g/mol. The Bertz CT molecular complexity index is 609. The van der Waals surface area contributed by atoms with E-state index in [1.165, 1.54) is 0 Å². The molecule has 22 heavy (non-hydrogen) atoms. The predicted molar refractivity (Wildman–Crippen MR) is 79.8 cm³/mol. The molecule has 0 N–H and O–H groups in total. The smallest absolute Gasteiger partial charge is 0.230 e. The molecule has 0 aliphatic carbocycles. The standard InChI is InChI=1S/C14H20N6O2/c1-3-11-17-18-13(22-11)10-19-6-8-20(9-7-19)14-15-5-4-12(16-14)21-2/h4-5H,3,6-10H2,1-2H3. The molecule has 0 spiro atoms. The summed E-state index contributed by atoms with van der Waals surface area (Å²) in [5, 5.41) is 8.06. The maximum Gasteiger partial charge on any atom is 0.230 e. The topological polar surface area (TPSA) is 80.4 Å². The van der Waals surface area contributed by atoms with E-state index in [0.29, 0.717) is 30.2 Å². The Morgan fingerprint density at radius 2 is 1.95 bits per heavy atom. The Kier molecular flexibility index (Phi) is 4.47. The lowest BCUT2D eigenvalue weighted by Gasteiger charge is -2.33. The van der Waals surface area contributed by atoms with Crippen molar-refractivity contribution in [2.24, 2.45) is 0 Å². The lowest BCUT2D eigenvalue weighted by atomic mass is 10.3. The predicted octanol–water partition coefficient (Wildman–Crippen LogP) is 0.753. The second-order valence-electron chi connectivity index (χ2n) is 5.11. The number of rotatable bonds is 5. The van der Waals surface area contributed by atoms with Crippen LogP contribution in [0.1, 0.15) is 18.7 Å². The zero-order chi connectivity index (χ0) is 15.4. The molecule has 2 aromatic heterocycles. The molecule has 1 aliphatic heterocycles. The fourth-order valence-corrected chi connectivity index (χ4v) is 2.39. The molecule has 0 aromatic carbocycles. The zero-order valence-electron chi connectivity index (χ0n) is 12.9. The number of ether oxygens (including phenoxy) is 1. The summed E-state index contributed by atoms with van der Waals surface area (Å²) in [4.78, 5) is 13.1. The molecule has 8 nitrogen and oxygen atoms in total. The highest BCUT2D eigenvalue weighted by atomic mass is 16.5. The zero-order valence-corrected chi connectivity index (χ0v) is 12.9. The lowest BCUT2D eigenvalue weighted by molar-refractivity contribution is 0.223. The Labute approximate surface area is 129 Å². The molecular formula is C14H20N6O2. The van der Waals surface area contributed by atoms with Crippen LogP contribution in [0, 0.1) is 0 Å². The summed E-state index contributed by atoms with van der Waals surface area (Å²) in [5.41, 5.74) is 0. The van der Waals surface area contributed by atoms with Crippen molar-refractivity contribution in [1.82, 2.24) is 25.1 Å². The molecule has 118 valence electrons.